The zero-order valence-corrected chi connectivity index (χ0v) is 31.6. The minimum Gasteiger partial charge on any atom is -0.505 e. The van der Waals surface area contributed by atoms with Crippen LogP contribution in [0.5, 0.6) is 5.75 Å². The van der Waals surface area contributed by atoms with Gasteiger partial charge in [0.2, 0.25) is 17.2 Å². The fraction of sp³-hybridized carbons (Fsp3) is 0.0741. The Hall–Kier alpha value is -4.81. The molecule has 0 aliphatic heterocycles. The molecule has 0 amide bonds. The highest BCUT2D eigenvalue weighted by Crippen LogP contribution is 2.43. The van der Waals surface area contributed by atoms with E-state index < -0.39 is 106 Å². The van der Waals surface area contributed by atoms with Crippen LogP contribution < -0.4 is 16.0 Å². The number of rotatable bonds is 14. The van der Waals surface area contributed by atoms with Crippen molar-refractivity contribution in [3.8, 4) is 5.75 Å². The van der Waals surface area contributed by atoms with Gasteiger partial charge in [-0.3, -0.25) is 18.2 Å². The van der Waals surface area contributed by atoms with Crippen LogP contribution in [0.2, 0.25) is 5.28 Å². The number of aromatic nitrogens is 3. The molecule has 0 saturated carbocycles. The average Bonchev–Trinajstić information content (AvgIpc) is 3.04. The number of fused-ring (bicyclic) bond motifs is 1. The Balaban J connectivity index is 1.50. The van der Waals surface area contributed by atoms with Crippen molar-refractivity contribution in [3.05, 3.63) is 72.0 Å². The summed E-state index contributed by atoms with van der Waals surface area (Å²) in [4.78, 5) is 9.16. The molecule has 0 fully saturated rings. The average molecular weight is 883 g/mol. The Bertz CT molecular complexity index is 2900. The molecular formula is C27H23ClN6O16S5. The van der Waals surface area contributed by atoms with E-state index in [1.54, 1.807) is 0 Å². The number of benzene rings is 4. The summed E-state index contributed by atoms with van der Waals surface area (Å²) in [6.07, 6.45) is 0. The van der Waals surface area contributed by atoms with Gasteiger partial charge < -0.3 is 21.1 Å². The minimum absolute atomic E-state index is 0.0405. The molecule has 0 unspecified atom stereocenters. The van der Waals surface area contributed by atoms with Crippen LogP contribution in [-0.4, -0.2) is 92.7 Å². The van der Waals surface area contributed by atoms with Crippen LogP contribution in [0.4, 0.5) is 34.6 Å². The molecule has 28 heteroatoms. The SMILES string of the molecule is O=S(=O)(O)OCCS(=O)(=O)c1ccc(Nc2nc(Cl)nc(Nc3cc4c(O)c(Nc5ccc(S(=O)(=O)O)cc5)c(S(=O)(=O)O)cc4cc3S(=O)(=O)O)n2)cc1. The van der Waals surface area contributed by atoms with Gasteiger partial charge in [-0.15, -0.1) is 0 Å². The maximum absolute atomic E-state index is 12.5. The zero-order chi connectivity index (χ0) is 40.7. The predicted octanol–water partition coefficient (Wildman–Crippen LogP) is 2.95. The molecule has 0 atom stereocenters. The molecule has 0 aliphatic rings. The van der Waals surface area contributed by atoms with Crippen molar-refractivity contribution in [2.24, 2.45) is 0 Å². The van der Waals surface area contributed by atoms with Gasteiger partial charge in [-0.05, 0) is 83.7 Å². The number of hydrogen-bond acceptors (Lipinski definition) is 18. The molecule has 294 valence electrons. The monoisotopic (exact) mass is 882 g/mol. The van der Waals surface area contributed by atoms with Crippen LogP contribution in [-0.2, 0) is 54.8 Å². The minimum atomic E-state index is -5.16. The third kappa shape index (κ3) is 10.3. The van der Waals surface area contributed by atoms with Crippen molar-refractivity contribution in [3.63, 3.8) is 0 Å². The highest BCUT2D eigenvalue weighted by atomic mass is 35.5. The van der Waals surface area contributed by atoms with Crippen LogP contribution in [0.25, 0.3) is 10.8 Å². The maximum Gasteiger partial charge on any atom is 0.397 e. The number of halogens is 1. The van der Waals surface area contributed by atoms with Crippen LogP contribution in [0.1, 0.15) is 0 Å². The smallest absolute Gasteiger partial charge is 0.397 e. The Labute approximate surface area is 316 Å². The predicted molar refractivity (Wildman–Crippen MR) is 192 cm³/mol. The summed E-state index contributed by atoms with van der Waals surface area (Å²) in [5.41, 5.74) is -1.02. The molecule has 0 bridgehead atoms. The Morgan fingerprint density at radius 3 is 1.65 bits per heavy atom. The molecule has 1 aromatic heterocycles. The number of sulfone groups is 1. The molecule has 5 aromatic rings. The van der Waals surface area contributed by atoms with Gasteiger partial charge in [-0.25, -0.2) is 12.6 Å². The number of phenols is 1. The molecule has 8 N–H and O–H groups in total. The van der Waals surface area contributed by atoms with Crippen LogP contribution in [0.3, 0.4) is 0 Å². The molecule has 1 heterocycles. The first-order valence-electron chi connectivity index (χ1n) is 14.3. The van der Waals surface area contributed by atoms with Crippen LogP contribution in [0, 0.1) is 0 Å². The molecule has 0 aliphatic carbocycles. The van der Waals surface area contributed by atoms with E-state index in [0.717, 1.165) is 54.6 Å². The van der Waals surface area contributed by atoms with Crippen LogP contribution >= 0.6 is 11.6 Å². The van der Waals surface area contributed by atoms with Gasteiger partial charge >= 0.3 is 10.4 Å². The summed E-state index contributed by atoms with van der Waals surface area (Å²) in [6.45, 7) is -0.851. The molecule has 0 spiro atoms. The second-order valence-electron chi connectivity index (χ2n) is 10.8. The number of anilines is 6. The molecule has 0 saturated heterocycles. The summed E-state index contributed by atoms with van der Waals surface area (Å²) >= 11 is 6.05. The number of hydrogen-bond donors (Lipinski definition) is 8. The summed E-state index contributed by atoms with van der Waals surface area (Å²) in [5, 5.41) is 17.9. The second-order valence-corrected chi connectivity index (χ2v) is 18.6. The van der Waals surface area contributed by atoms with Crippen molar-refractivity contribution < 1.29 is 69.6 Å². The normalized spacial score (nSPS) is 12.7. The third-order valence-corrected chi connectivity index (χ3v) is 12.0. The number of nitrogens with one attached hydrogen (secondary N) is 3. The summed E-state index contributed by atoms with van der Waals surface area (Å²) < 4.78 is 161. The fourth-order valence-electron chi connectivity index (χ4n) is 4.70. The van der Waals surface area contributed by atoms with Crippen LogP contribution in [0.15, 0.2) is 86.3 Å². The van der Waals surface area contributed by atoms with Crippen molar-refractivity contribution in [2.75, 3.05) is 28.3 Å². The van der Waals surface area contributed by atoms with E-state index in [9.17, 15) is 60.9 Å². The van der Waals surface area contributed by atoms with Gasteiger partial charge in [0.1, 0.15) is 21.2 Å². The van der Waals surface area contributed by atoms with Gasteiger partial charge in [0, 0.05) is 16.8 Å². The highest BCUT2D eigenvalue weighted by molar-refractivity contribution is 7.91. The maximum atomic E-state index is 12.5. The van der Waals surface area contributed by atoms with Gasteiger partial charge in [0.15, 0.2) is 9.84 Å². The Morgan fingerprint density at radius 1 is 0.618 bits per heavy atom. The number of aromatic hydroxyl groups is 1. The first-order chi connectivity index (χ1) is 25.3. The lowest BCUT2D eigenvalue weighted by molar-refractivity contribution is 0.284. The largest absolute Gasteiger partial charge is 0.505 e. The molecule has 4 aromatic carbocycles. The topological polar surface area (TPSA) is 356 Å². The van der Waals surface area contributed by atoms with Gasteiger partial charge in [-0.2, -0.15) is 48.6 Å². The van der Waals surface area contributed by atoms with E-state index in [1.165, 1.54) is 12.1 Å². The van der Waals surface area contributed by atoms with Crippen molar-refractivity contribution in [2.45, 2.75) is 19.6 Å². The zero-order valence-electron chi connectivity index (χ0n) is 26.8. The Kier molecular flexibility index (Phi) is 11.3. The number of nitrogens with zero attached hydrogens (tertiary/aromatic N) is 3. The molecular weight excluding hydrogens is 860 g/mol. The highest BCUT2D eigenvalue weighted by Gasteiger charge is 2.26. The van der Waals surface area contributed by atoms with Crippen molar-refractivity contribution in [1.29, 1.82) is 0 Å². The quantitative estimate of drug-likeness (QED) is 0.0587. The second kappa shape index (κ2) is 15.0. The standard InChI is InChI=1S/C27H23ClN6O16S5/c28-25-32-26(30-16-1-5-17(6-2-16)51(36,37)10-9-50-55(47,48)49)34-27(33-25)31-20-13-19-14(11-21(20)53(41,42)43)12-22(54(44,45)46)23(24(19)35)29-15-3-7-18(8-4-15)52(38,39)40/h1-8,11-13,29,35H,9-10H2,(H,38,39,40)(H,41,42,43)(H,44,45,46)(H,47,48,49)(H2,30,31,32,33,34). The van der Waals surface area contributed by atoms with E-state index in [2.05, 4.69) is 35.1 Å². The first-order valence-corrected chi connectivity index (χ1v) is 22.1. The third-order valence-electron chi connectivity index (χ3n) is 7.06. The molecule has 0 radical (unpaired) electrons. The van der Waals surface area contributed by atoms with Gasteiger partial charge in [0.05, 0.1) is 27.8 Å². The fourth-order valence-corrected chi connectivity index (χ4v) is 8.17. The lowest BCUT2D eigenvalue weighted by Crippen LogP contribution is -2.15. The van der Waals surface area contributed by atoms with Gasteiger partial charge in [0.25, 0.3) is 30.4 Å². The van der Waals surface area contributed by atoms with E-state index in [1.807, 2.05) is 0 Å². The van der Waals surface area contributed by atoms with Crippen molar-refractivity contribution >= 4 is 108 Å². The molecule has 22 nitrogen and oxygen atoms in total. The van der Waals surface area contributed by atoms with E-state index in [0.29, 0.717) is 0 Å². The summed E-state index contributed by atoms with van der Waals surface area (Å²) in [5.74, 6) is -2.43. The summed E-state index contributed by atoms with van der Waals surface area (Å²) in [6, 6.07) is 11.3. The summed E-state index contributed by atoms with van der Waals surface area (Å²) in [7, 11) is -23.8. The van der Waals surface area contributed by atoms with E-state index in [-0.39, 0.29) is 33.0 Å². The lowest BCUT2D eigenvalue weighted by atomic mass is 10.1. The first kappa shape index (κ1) is 41.4. The number of phenolic OH excluding ortho intramolecular Hbond substituents is 1. The van der Waals surface area contributed by atoms with E-state index >= 15 is 0 Å². The lowest BCUT2D eigenvalue weighted by Gasteiger charge is -2.17. The molecule has 55 heavy (non-hydrogen) atoms. The Morgan fingerprint density at radius 2 is 1.13 bits per heavy atom. The molecule has 5 rings (SSSR count). The van der Waals surface area contributed by atoms with Gasteiger partial charge in [-0.1, -0.05) is 0 Å². The van der Waals surface area contributed by atoms with Crippen molar-refractivity contribution in [1.82, 2.24) is 15.0 Å². The van der Waals surface area contributed by atoms with E-state index in [4.69, 9.17) is 16.2 Å².